The molecular formula is C18H26N2O5. The summed E-state index contributed by atoms with van der Waals surface area (Å²) in [6.45, 7) is 2.60. The molecule has 1 heterocycles. The number of nitrogens with zero attached hydrogens (tertiary/aromatic N) is 1. The average molecular weight is 350 g/mol. The van der Waals surface area contributed by atoms with Gasteiger partial charge in [-0.2, -0.15) is 0 Å². The van der Waals surface area contributed by atoms with Crippen molar-refractivity contribution in [1.82, 2.24) is 10.2 Å². The number of benzene rings is 1. The predicted octanol–water partition coefficient (Wildman–Crippen LogP) is 1.36. The minimum atomic E-state index is -1.13. The molecule has 2 rings (SSSR count). The first kappa shape index (κ1) is 19.2. The van der Waals surface area contributed by atoms with Crippen molar-refractivity contribution in [3.8, 4) is 5.75 Å². The number of likely N-dealkylation sites (tertiary alicyclic amines) is 1. The summed E-state index contributed by atoms with van der Waals surface area (Å²) < 4.78 is 5.03. The molecule has 7 nitrogen and oxygen atoms in total. The topological polar surface area (TPSA) is 99.1 Å². The van der Waals surface area contributed by atoms with E-state index < -0.39 is 18.0 Å². The SMILES string of the molecule is COc1cc(C(=O)O)cc(C(=O)NCC(O)CN2CCCCCC2)c1. The quantitative estimate of drug-likeness (QED) is 0.687. The Hall–Kier alpha value is -2.12. The Morgan fingerprint density at radius 1 is 1.16 bits per heavy atom. The summed E-state index contributed by atoms with van der Waals surface area (Å²) in [5.74, 6) is -1.26. The number of methoxy groups -OCH3 is 1. The lowest BCUT2D eigenvalue weighted by Crippen LogP contribution is -2.40. The third-order valence-electron chi connectivity index (χ3n) is 4.32. The van der Waals surface area contributed by atoms with Gasteiger partial charge in [-0.05, 0) is 44.1 Å². The van der Waals surface area contributed by atoms with Crippen LogP contribution in [0.15, 0.2) is 18.2 Å². The number of aliphatic hydroxyl groups is 1. The number of aliphatic hydroxyl groups excluding tert-OH is 1. The average Bonchev–Trinajstić information content (AvgIpc) is 2.87. The van der Waals surface area contributed by atoms with E-state index in [0.29, 0.717) is 12.3 Å². The van der Waals surface area contributed by atoms with Crippen LogP contribution in [0.4, 0.5) is 0 Å². The molecule has 1 amide bonds. The fraction of sp³-hybridized carbons (Fsp3) is 0.556. The Morgan fingerprint density at radius 2 is 1.80 bits per heavy atom. The van der Waals surface area contributed by atoms with Crippen LogP contribution in [-0.4, -0.2) is 66.4 Å². The number of hydrogen-bond acceptors (Lipinski definition) is 5. The number of hydrogen-bond donors (Lipinski definition) is 3. The second kappa shape index (κ2) is 9.39. The Balaban J connectivity index is 1.90. The monoisotopic (exact) mass is 350 g/mol. The van der Waals surface area contributed by atoms with Crippen LogP contribution in [0.2, 0.25) is 0 Å². The first-order valence-corrected chi connectivity index (χ1v) is 8.60. The molecular weight excluding hydrogens is 324 g/mol. The van der Waals surface area contributed by atoms with Gasteiger partial charge in [0, 0.05) is 18.7 Å². The molecule has 1 unspecified atom stereocenters. The van der Waals surface area contributed by atoms with Gasteiger partial charge >= 0.3 is 5.97 Å². The van der Waals surface area contributed by atoms with Crippen LogP contribution in [0, 0.1) is 0 Å². The molecule has 1 fully saturated rings. The second-order valence-corrected chi connectivity index (χ2v) is 6.33. The zero-order chi connectivity index (χ0) is 18.2. The van der Waals surface area contributed by atoms with Gasteiger partial charge in [0.2, 0.25) is 0 Å². The highest BCUT2D eigenvalue weighted by atomic mass is 16.5. The van der Waals surface area contributed by atoms with E-state index in [-0.39, 0.29) is 17.7 Å². The maximum Gasteiger partial charge on any atom is 0.335 e. The largest absolute Gasteiger partial charge is 0.497 e. The highest BCUT2D eigenvalue weighted by Crippen LogP contribution is 2.17. The molecule has 0 radical (unpaired) electrons. The van der Waals surface area contributed by atoms with Crippen molar-refractivity contribution in [2.45, 2.75) is 31.8 Å². The predicted molar refractivity (Wildman–Crippen MR) is 93.2 cm³/mol. The van der Waals surface area contributed by atoms with Crippen LogP contribution in [0.3, 0.4) is 0 Å². The number of β-amino-alcohol motifs (C(OH)–C–C–N with tert-alkyl or cyclic N) is 1. The van der Waals surface area contributed by atoms with Crippen molar-refractivity contribution in [2.24, 2.45) is 0 Å². The Labute approximate surface area is 147 Å². The molecule has 1 aliphatic heterocycles. The van der Waals surface area contributed by atoms with Gasteiger partial charge in [0.25, 0.3) is 5.91 Å². The summed E-state index contributed by atoms with van der Waals surface area (Å²) in [4.78, 5) is 25.6. The van der Waals surface area contributed by atoms with Crippen LogP contribution >= 0.6 is 0 Å². The van der Waals surface area contributed by atoms with E-state index >= 15 is 0 Å². The number of nitrogens with one attached hydrogen (secondary N) is 1. The number of carboxylic acid groups (broad SMARTS) is 1. The van der Waals surface area contributed by atoms with Crippen molar-refractivity contribution < 1.29 is 24.5 Å². The van der Waals surface area contributed by atoms with E-state index in [1.54, 1.807) is 0 Å². The molecule has 1 atom stereocenters. The Morgan fingerprint density at radius 3 is 2.40 bits per heavy atom. The summed E-state index contributed by atoms with van der Waals surface area (Å²) in [6, 6.07) is 4.12. The van der Waals surface area contributed by atoms with Crippen LogP contribution < -0.4 is 10.1 Å². The summed E-state index contributed by atoms with van der Waals surface area (Å²) in [6.07, 6.45) is 4.07. The molecule has 1 aromatic carbocycles. The molecule has 1 aromatic rings. The smallest absolute Gasteiger partial charge is 0.335 e. The molecule has 138 valence electrons. The third kappa shape index (κ3) is 6.03. The van der Waals surface area contributed by atoms with E-state index in [9.17, 15) is 14.7 Å². The summed E-state index contributed by atoms with van der Waals surface area (Å²) >= 11 is 0. The fourth-order valence-corrected chi connectivity index (χ4v) is 2.97. The lowest BCUT2D eigenvalue weighted by molar-refractivity contribution is 0.0696. The summed E-state index contributed by atoms with van der Waals surface area (Å²) in [7, 11) is 1.41. The van der Waals surface area contributed by atoms with E-state index in [2.05, 4.69) is 10.2 Å². The lowest BCUT2D eigenvalue weighted by atomic mass is 10.1. The van der Waals surface area contributed by atoms with Crippen LogP contribution in [-0.2, 0) is 0 Å². The lowest BCUT2D eigenvalue weighted by Gasteiger charge is -2.23. The normalized spacial score (nSPS) is 16.7. The van der Waals surface area contributed by atoms with Crippen molar-refractivity contribution in [3.05, 3.63) is 29.3 Å². The maximum absolute atomic E-state index is 12.3. The van der Waals surface area contributed by atoms with Crippen molar-refractivity contribution >= 4 is 11.9 Å². The van der Waals surface area contributed by atoms with Gasteiger partial charge in [0.05, 0.1) is 18.8 Å². The number of aromatic carboxylic acids is 1. The zero-order valence-electron chi connectivity index (χ0n) is 14.5. The number of carbonyl (C=O) groups excluding carboxylic acids is 1. The van der Waals surface area contributed by atoms with Gasteiger partial charge < -0.3 is 25.2 Å². The molecule has 3 N–H and O–H groups in total. The first-order chi connectivity index (χ1) is 12.0. The van der Waals surface area contributed by atoms with Gasteiger partial charge in [-0.25, -0.2) is 4.79 Å². The van der Waals surface area contributed by atoms with Crippen molar-refractivity contribution in [3.63, 3.8) is 0 Å². The molecule has 0 spiro atoms. The minimum absolute atomic E-state index is 0.0189. The Kier molecular flexibility index (Phi) is 7.21. The number of carboxylic acids is 1. The van der Waals surface area contributed by atoms with E-state index in [1.807, 2.05) is 0 Å². The molecule has 0 aromatic heterocycles. The van der Waals surface area contributed by atoms with Crippen molar-refractivity contribution in [2.75, 3.05) is 33.3 Å². The highest BCUT2D eigenvalue weighted by molar-refractivity contribution is 5.98. The third-order valence-corrected chi connectivity index (χ3v) is 4.32. The highest BCUT2D eigenvalue weighted by Gasteiger charge is 2.16. The molecule has 0 aliphatic carbocycles. The van der Waals surface area contributed by atoms with Gasteiger partial charge in [-0.15, -0.1) is 0 Å². The van der Waals surface area contributed by atoms with E-state index in [4.69, 9.17) is 9.84 Å². The van der Waals surface area contributed by atoms with Gasteiger partial charge in [-0.1, -0.05) is 12.8 Å². The van der Waals surface area contributed by atoms with Gasteiger partial charge in [0.1, 0.15) is 5.75 Å². The van der Waals surface area contributed by atoms with Gasteiger partial charge in [0.15, 0.2) is 0 Å². The first-order valence-electron chi connectivity index (χ1n) is 8.60. The molecule has 1 aliphatic rings. The molecule has 25 heavy (non-hydrogen) atoms. The Bertz CT molecular complexity index is 597. The van der Waals surface area contributed by atoms with Gasteiger partial charge in [-0.3, -0.25) is 4.79 Å². The number of amides is 1. The summed E-state index contributed by atoms with van der Waals surface area (Å²) in [5, 5.41) is 21.9. The number of rotatable bonds is 7. The van der Waals surface area contributed by atoms with Crippen LogP contribution in [0.1, 0.15) is 46.4 Å². The molecule has 7 heteroatoms. The van der Waals surface area contributed by atoms with E-state index in [1.165, 1.54) is 38.2 Å². The fourth-order valence-electron chi connectivity index (χ4n) is 2.97. The standard InChI is InChI=1S/C18H26N2O5/c1-25-16-9-13(8-14(10-16)18(23)24)17(22)19-11-15(21)12-20-6-4-2-3-5-7-20/h8-10,15,21H,2-7,11-12H2,1H3,(H,19,22)(H,23,24). The maximum atomic E-state index is 12.3. The summed E-state index contributed by atoms with van der Waals surface area (Å²) in [5.41, 5.74) is 0.174. The molecule has 1 saturated heterocycles. The zero-order valence-corrected chi connectivity index (χ0v) is 14.5. The minimum Gasteiger partial charge on any atom is -0.497 e. The van der Waals surface area contributed by atoms with Crippen molar-refractivity contribution in [1.29, 1.82) is 0 Å². The molecule has 0 saturated carbocycles. The van der Waals surface area contributed by atoms with Crippen LogP contribution in [0.5, 0.6) is 5.75 Å². The van der Waals surface area contributed by atoms with Crippen LogP contribution in [0.25, 0.3) is 0 Å². The number of ether oxygens (including phenoxy) is 1. The second-order valence-electron chi connectivity index (χ2n) is 6.33. The molecule has 0 bridgehead atoms. The van der Waals surface area contributed by atoms with E-state index in [0.717, 1.165) is 25.9 Å². The number of carbonyl (C=O) groups is 2.